The molecule has 0 aromatic heterocycles. The van der Waals surface area contributed by atoms with Gasteiger partial charge in [0.05, 0.1) is 11.7 Å². The molecule has 0 aliphatic carbocycles. The number of hydrogen-bond donors (Lipinski definition) is 2. The second-order valence-corrected chi connectivity index (χ2v) is 2.29. The second kappa shape index (κ2) is 1.63. The fourth-order valence-electron chi connectivity index (χ4n) is 0.352. The van der Waals surface area contributed by atoms with Crippen LogP contribution in [0.1, 0.15) is 0 Å². The highest BCUT2D eigenvalue weighted by Crippen LogP contribution is 2.21. The van der Waals surface area contributed by atoms with Crippen molar-refractivity contribution in [1.82, 2.24) is 0 Å². The molecule has 0 aromatic carbocycles. The summed E-state index contributed by atoms with van der Waals surface area (Å²) in [4.78, 5) is 0. The topological polar surface area (TPSA) is 49.7 Å². The third-order valence-corrected chi connectivity index (χ3v) is 1.53. The van der Waals surface area contributed by atoms with Gasteiger partial charge < -0.3 is 14.9 Å². The molecule has 1 aliphatic heterocycles. The molecule has 1 aliphatic rings. The SMILES string of the molecule is OC1(O)CSCO1. The van der Waals surface area contributed by atoms with Gasteiger partial charge in [-0.3, -0.25) is 0 Å². The Bertz CT molecular complexity index is 64.6. The Morgan fingerprint density at radius 1 is 1.57 bits per heavy atom. The molecule has 0 aromatic rings. The molecule has 0 bridgehead atoms. The summed E-state index contributed by atoms with van der Waals surface area (Å²) in [6.07, 6.45) is 0. The Balaban J connectivity index is 2.40. The van der Waals surface area contributed by atoms with Crippen LogP contribution in [0.2, 0.25) is 0 Å². The van der Waals surface area contributed by atoms with Crippen molar-refractivity contribution in [2.45, 2.75) is 5.97 Å². The van der Waals surface area contributed by atoms with Gasteiger partial charge in [0.15, 0.2) is 0 Å². The first-order valence-electron chi connectivity index (χ1n) is 1.87. The largest absolute Gasteiger partial charge is 0.343 e. The summed E-state index contributed by atoms with van der Waals surface area (Å²) in [5.74, 6) is -1.20. The second-order valence-electron chi connectivity index (χ2n) is 1.35. The number of aliphatic hydroxyl groups is 2. The third-order valence-electron chi connectivity index (χ3n) is 0.664. The Morgan fingerprint density at radius 2 is 2.29 bits per heavy atom. The third kappa shape index (κ3) is 1.31. The zero-order valence-electron chi connectivity index (χ0n) is 3.63. The van der Waals surface area contributed by atoms with Crippen molar-refractivity contribution in [1.29, 1.82) is 0 Å². The van der Waals surface area contributed by atoms with Gasteiger partial charge in [-0.2, -0.15) is 0 Å². The van der Waals surface area contributed by atoms with Gasteiger partial charge in [0, 0.05) is 0 Å². The van der Waals surface area contributed by atoms with E-state index in [-0.39, 0.29) is 5.75 Å². The lowest BCUT2D eigenvalue weighted by Gasteiger charge is -2.09. The molecule has 42 valence electrons. The van der Waals surface area contributed by atoms with Crippen LogP contribution in [0.15, 0.2) is 0 Å². The predicted molar refractivity (Wildman–Crippen MR) is 25.6 cm³/mol. The lowest BCUT2D eigenvalue weighted by molar-refractivity contribution is -0.304. The molecule has 1 rings (SSSR count). The minimum absolute atomic E-state index is 0.257. The van der Waals surface area contributed by atoms with Crippen molar-refractivity contribution >= 4 is 11.8 Å². The van der Waals surface area contributed by atoms with Crippen LogP contribution in [0.4, 0.5) is 0 Å². The van der Waals surface area contributed by atoms with Crippen LogP contribution in [-0.2, 0) is 4.74 Å². The van der Waals surface area contributed by atoms with Gasteiger partial charge in [-0.25, -0.2) is 0 Å². The van der Waals surface area contributed by atoms with Crippen molar-refractivity contribution in [3.8, 4) is 0 Å². The molecule has 0 spiro atoms. The molecule has 4 heteroatoms. The zero-order valence-corrected chi connectivity index (χ0v) is 4.44. The van der Waals surface area contributed by atoms with E-state index in [1.807, 2.05) is 0 Å². The standard InChI is InChI=1S/C3H6O3S/c4-3(5)1-7-2-6-3/h4-5H,1-2H2. The first-order chi connectivity index (χ1) is 3.21. The van der Waals surface area contributed by atoms with Crippen LogP contribution in [0, 0.1) is 0 Å². The predicted octanol–water partition coefficient (Wildman–Crippen LogP) is -0.654. The van der Waals surface area contributed by atoms with E-state index in [0.717, 1.165) is 0 Å². The van der Waals surface area contributed by atoms with E-state index in [1.54, 1.807) is 0 Å². The van der Waals surface area contributed by atoms with Crippen LogP contribution < -0.4 is 0 Å². The lowest BCUT2D eigenvalue weighted by Crippen LogP contribution is -2.28. The van der Waals surface area contributed by atoms with Gasteiger partial charge in [-0.05, 0) is 0 Å². The van der Waals surface area contributed by atoms with Crippen molar-refractivity contribution in [3.63, 3.8) is 0 Å². The Morgan fingerprint density at radius 3 is 2.43 bits per heavy atom. The smallest absolute Gasteiger partial charge is 0.288 e. The molecule has 2 N–H and O–H groups in total. The van der Waals surface area contributed by atoms with Crippen LogP contribution in [0.5, 0.6) is 0 Å². The number of hydrogen-bond acceptors (Lipinski definition) is 4. The molecule has 0 radical (unpaired) electrons. The zero-order chi connectivity index (χ0) is 5.33. The summed E-state index contributed by atoms with van der Waals surface area (Å²) in [7, 11) is 0. The van der Waals surface area contributed by atoms with E-state index in [9.17, 15) is 0 Å². The number of ether oxygens (including phenoxy) is 1. The molecule has 0 amide bonds. The Hall–Kier alpha value is 0.230. The highest BCUT2D eigenvalue weighted by Gasteiger charge is 2.29. The maximum Gasteiger partial charge on any atom is 0.288 e. The van der Waals surface area contributed by atoms with Crippen LogP contribution in [0.25, 0.3) is 0 Å². The van der Waals surface area contributed by atoms with Gasteiger partial charge in [-0.1, -0.05) is 0 Å². The molecule has 0 saturated carbocycles. The molecule has 1 fully saturated rings. The van der Waals surface area contributed by atoms with E-state index in [0.29, 0.717) is 5.94 Å². The first kappa shape index (κ1) is 5.37. The molecule has 7 heavy (non-hydrogen) atoms. The Labute approximate surface area is 45.3 Å². The van der Waals surface area contributed by atoms with Gasteiger partial charge >= 0.3 is 0 Å². The number of rotatable bonds is 0. The molecule has 0 unspecified atom stereocenters. The lowest BCUT2D eigenvalue weighted by atomic mass is 10.7. The maximum absolute atomic E-state index is 8.51. The first-order valence-corrected chi connectivity index (χ1v) is 3.03. The highest BCUT2D eigenvalue weighted by molar-refractivity contribution is 7.99. The van der Waals surface area contributed by atoms with Crippen molar-refractivity contribution < 1.29 is 14.9 Å². The maximum atomic E-state index is 8.51. The van der Waals surface area contributed by atoms with Crippen molar-refractivity contribution in [2.24, 2.45) is 0 Å². The molecular weight excluding hydrogens is 116 g/mol. The van der Waals surface area contributed by atoms with Crippen molar-refractivity contribution in [2.75, 3.05) is 11.7 Å². The molecule has 1 saturated heterocycles. The van der Waals surface area contributed by atoms with Gasteiger partial charge in [0.25, 0.3) is 5.97 Å². The summed E-state index contributed by atoms with van der Waals surface area (Å²) < 4.78 is 4.41. The van der Waals surface area contributed by atoms with Gasteiger partial charge in [0.1, 0.15) is 0 Å². The van der Waals surface area contributed by atoms with E-state index in [4.69, 9.17) is 10.2 Å². The van der Waals surface area contributed by atoms with E-state index < -0.39 is 5.97 Å². The average Bonchev–Trinajstić information content (AvgIpc) is 1.84. The van der Waals surface area contributed by atoms with E-state index in [2.05, 4.69) is 4.74 Å². The summed E-state index contributed by atoms with van der Waals surface area (Å²) in [6.45, 7) is 0. The average molecular weight is 122 g/mol. The summed E-state index contributed by atoms with van der Waals surface area (Å²) in [6, 6.07) is 0. The summed E-state index contributed by atoms with van der Waals surface area (Å²) in [5.41, 5.74) is 0. The molecular formula is C3H6O3S. The summed E-state index contributed by atoms with van der Waals surface area (Å²) in [5, 5.41) is 17.0. The fraction of sp³-hybridized carbons (Fsp3) is 1.00. The molecule has 0 atom stereocenters. The van der Waals surface area contributed by atoms with Crippen LogP contribution in [0.3, 0.4) is 0 Å². The van der Waals surface area contributed by atoms with Crippen molar-refractivity contribution in [3.05, 3.63) is 0 Å². The van der Waals surface area contributed by atoms with E-state index in [1.165, 1.54) is 11.8 Å². The van der Waals surface area contributed by atoms with Gasteiger partial charge in [0.2, 0.25) is 0 Å². The molecule has 1 heterocycles. The number of thioether (sulfide) groups is 1. The summed E-state index contributed by atoms with van der Waals surface area (Å²) >= 11 is 1.36. The van der Waals surface area contributed by atoms with Crippen LogP contribution >= 0.6 is 11.8 Å². The molecule has 3 nitrogen and oxygen atoms in total. The minimum Gasteiger partial charge on any atom is -0.343 e. The normalized spacial score (nSPS) is 28.3. The quantitative estimate of drug-likeness (QED) is 0.419. The Kier molecular flexibility index (Phi) is 1.25. The van der Waals surface area contributed by atoms with Crippen LogP contribution in [-0.4, -0.2) is 27.9 Å². The monoisotopic (exact) mass is 122 g/mol. The minimum atomic E-state index is -1.84. The fourth-order valence-corrected chi connectivity index (χ4v) is 1.06. The highest BCUT2D eigenvalue weighted by atomic mass is 32.2. The van der Waals surface area contributed by atoms with E-state index >= 15 is 0 Å². The van der Waals surface area contributed by atoms with Gasteiger partial charge in [-0.15, -0.1) is 11.8 Å².